The van der Waals surface area contributed by atoms with Gasteiger partial charge in [-0.2, -0.15) is 4.98 Å². The lowest BCUT2D eigenvalue weighted by Gasteiger charge is -2.21. The number of nitrogens with one attached hydrogen (secondary N) is 1. The molecule has 1 saturated carbocycles. The molecule has 0 aliphatic heterocycles. The summed E-state index contributed by atoms with van der Waals surface area (Å²) in [5, 5.41) is 3.01. The molecule has 6 nitrogen and oxygen atoms in total. The summed E-state index contributed by atoms with van der Waals surface area (Å²) >= 11 is 0. The first-order chi connectivity index (χ1) is 11.5. The van der Waals surface area contributed by atoms with Crippen LogP contribution in [0.4, 0.5) is 21.8 Å². The van der Waals surface area contributed by atoms with Gasteiger partial charge >= 0.3 is 0 Å². The van der Waals surface area contributed by atoms with Gasteiger partial charge in [0, 0.05) is 37.5 Å². The van der Waals surface area contributed by atoms with Crippen LogP contribution in [0.2, 0.25) is 0 Å². The minimum Gasteiger partial charge on any atom is -0.370 e. The van der Waals surface area contributed by atoms with Gasteiger partial charge in [0.25, 0.3) is 0 Å². The fraction of sp³-hybridized carbons (Fsp3) is 0.353. The summed E-state index contributed by atoms with van der Waals surface area (Å²) in [5.41, 5.74) is 6.89. The summed E-state index contributed by atoms with van der Waals surface area (Å²) in [6, 6.07) is 6.13. The Labute approximate surface area is 139 Å². The number of nitrogens with zero attached hydrogens (tertiary/aromatic N) is 3. The zero-order chi connectivity index (χ0) is 17.1. The highest BCUT2D eigenvalue weighted by molar-refractivity contribution is 5.74. The molecule has 1 aromatic carbocycles. The summed E-state index contributed by atoms with van der Waals surface area (Å²) in [7, 11) is 1.88. The second-order valence-electron chi connectivity index (χ2n) is 6.02. The summed E-state index contributed by atoms with van der Waals surface area (Å²) in [4.78, 5) is 21.8. The summed E-state index contributed by atoms with van der Waals surface area (Å²) in [5.74, 6) is 0.980. The number of amides is 1. The fourth-order valence-electron chi connectivity index (χ4n) is 2.51. The predicted molar refractivity (Wildman–Crippen MR) is 90.8 cm³/mol. The molecular formula is C17H20FN5O. The Morgan fingerprint density at radius 2 is 2.25 bits per heavy atom. The highest BCUT2D eigenvalue weighted by atomic mass is 19.1. The number of hydrogen-bond donors (Lipinski definition) is 2. The SMILES string of the molecule is CN(CCC(N)=O)c1nc(Nc2cccc(F)c2)ncc1C1CC1. The molecule has 0 unspecified atom stereocenters. The predicted octanol–water partition coefficient (Wildman–Crippen LogP) is 2.55. The average molecular weight is 329 g/mol. The number of benzene rings is 1. The van der Waals surface area contributed by atoms with Crippen LogP contribution in [0.25, 0.3) is 0 Å². The molecule has 1 aliphatic rings. The van der Waals surface area contributed by atoms with Crippen molar-refractivity contribution in [3.05, 3.63) is 41.8 Å². The topological polar surface area (TPSA) is 84.1 Å². The minimum atomic E-state index is -0.345. The number of rotatable bonds is 7. The van der Waals surface area contributed by atoms with Crippen LogP contribution in [0.15, 0.2) is 30.5 Å². The van der Waals surface area contributed by atoms with E-state index in [2.05, 4.69) is 15.3 Å². The number of primary amides is 1. The Bertz CT molecular complexity index is 748. The average Bonchev–Trinajstić information content (AvgIpc) is 3.37. The summed E-state index contributed by atoms with van der Waals surface area (Å²) in [6.45, 7) is 0.492. The highest BCUT2D eigenvalue weighted by Gasteiger charge is 2.28. The fourth-order valence-corrected chi connectivity index (χ4v) is 2.51. The second kappa shape index (κ2) is 6.82. The van der Waals surface area contributed by atoms with Crippen LogP contribution in [0.3, 0.4) is 0 Å². The van der Waals surface area contributed by atoms with Crippen LogP contribution >= 0.6 is 0 Å². The van der Waals surface area contributed by atoms with E-state index < -0.39 is 0 Å². The molecule has 1 heterocycles. The van der Waals surface area contributed by atoms with E-state index in [9.17, 15) is 9.18 Å². The summed E-state index contributed by atoms with van der Waals surface area (Å²) < 4.78 is 13.3. The van der Waals surface area contributed by atoms with E-state index in [0.29, 0.717) is 24.1 Å². The van der Waals surface area contributed by atoms with E-state index >= 15 is 0 Å². The van der Waals surface area contributed by atoms with Crippen molar-refractivity contribution in [3.63, 3.8) is 0 Å². The zero-order valence-corrected chi connectivity index (χ0v) is 13.5. The van der Waals surface area contributed by atoms with E-state index in [0.717, 1.165) is 24.2 Å². The molecule has 2 aromatic rings. The molecule has 1 amide bonds. The molecule has 0 atom stereocenters. The van der Waals surface area contributed by atoms with Gasteiger partial charge in [-0.25, -0.2) is 9.37 Å². The molecule has 1 fully saturated rings. The van der Waals surface area contributed by atoms with E-state index in [1.165, 1.54) is 12.1 Å². The van der Waals surface area contributed by atoms with E-state index in [4.69, 9.17) is 5.73 Å². The van der Waals surface area contributed by atoms with Crippen molar-refractivity contribution in [1.29, 1.82) is 0 Å². The Kier molecular flexibility index (Phi) is 4.59. The lowest BCUT2D eigenvalue weighted by Crippen LogP contribution is -2.26. The van der Waals surface area contributed by atoms with Gasteiger partial charge in [-0.05, 0) is 37.0 Å². The number of carbonyl (C=O) groups is 1. The molecule has 1 aromatic heterocycles. The van der Waals surface area contributed by atoms with Gasteiger partial charge in [0.15, 0.2) is 0 Å². The molecule has 3 rings (SSSR count). The van der Waals surface area contributed by atoms with Crippen LogP contribution in [0.5, 0.6) is 0 Å². The lowest BCUT2D eigenvalue weighted by molar-refractivity contribution is -0.117. The van der Waals surface area contributed by atoms with Crippen molar-refractivity contribution < 1.29 is 9.18 Å². The van der Waals surface area contributed by atoms with E-state index in [1.807, 2.05) is 18.1 Å². The third-order valence-electron chi connectivity index (χ3n) is 3.95. The zero-order valence-electron chi connectivity index (χ0n) is 13.5. The first kappa shape index (κ1) is 16.2. The Hall–Kier alpha value is -2.70. The second-order valence-corrected chi connectivity index (χ2v) is 6.02. The Balaban J connectivity index is 1.83. The standard InChI is InChI=1S/C17H20FN5O/c1-23(8-7-15(19)24)16-14(11-5-6-11)10-20-17(22-16)21-13-4-2-3-12(18)9-13/h2-4,9-11H,5-8H2,1H3,(H2,19,24)(H,20,21,22). The molecule has 0 bridgehead atoms. The van der Waals surface area contributed by atoms with Gasteiger partial charge in [-0.3, -0.25) is 4.79 Å². The third-order valence-corrected chi connectivity index (χ3v) is 3.95. The van der Waals surface area contributed by atoms with Crippen molar-refractivity contribution in [2.45, 2.75) is 25.2 Å². The number of carbonyl (C=O) groups excluding carboxylic acids is 1. The van der Waals surface area contributed by atoms with Crippen LogP contribution in [-0.2, 0) is 4.79 Å². The Morgan fingerprint density at radius 1 is 1.46 bits per heavy atom. The quantitative estimate of drug-likeness (QED) is 0.815. The van der Waals surface area contributed by atoms with Crippen LogP contribution in [-0.4, -0.2) is 29.5 Å². The number of anilines is 3. The van der Waals surface area contributed by atoms with Gasteiger partial charge in [0.1, 0.15) is 11.6 Å². The molecular weight excluding hydrogens is 309 g/mol. The number of halogens is 1. The van der Waals surface area contributed by atoms with Crippen molar-refractivity contribution in [3.8, 4) is 0 Å². The van der Waals surface area contributed by atoms with Crippen molar-refractivity contribution in [2.24, 2.45) is 5.73 Å². The molecule has 0 spiro atoms. The van der Waals surface area contributed by atoms with Crippen molar-refractivity contribution >= 4 is 23.4 Å². The maximum Gasteiger partial charge on any atom is 0.229 e. The Morgan fingerprint density at radius 3 is 2.92 bits per heavy atom. The van der Waals surface area contributed by atoms with Gasteiger partial charge in [0.05, 0.1) is 0 Å². The molecule has 7 heteroatoms. The normalized spacial score (nSPS) is 13.6. The monoisotopic (exact) mass is 329 g/mol. The van der Waals surface area contributed by atoms with E-state index in [1.54, 1.807) is 12.1 Å². The smallest absolute Gasteiger partial charge is 0.229 e. The van der Waals surface area contributed by atoms with Crippen molar-refractivity contribution in [2.75, 3.05) is 23.8 Å². The minimum absolute atomic E-state index is 0.261. The maximum atomic E-state index is 13.3. The number of hydrogen-bond acceptors (Lipinski definition) is 5. The maximum absolute atomic E-state index is 13.3. The first-order valence-electron chi connectivity index (χ1n) is 7.92. The molecule has 126 valence electrons. The molecule has 24 heavy (non-hydrogen) atoms. The largest absolute Gasteiger partial charge is 0.370 e. The molecule has 3 N–H and O–H groups in total. The van der Waals surface area contributed by atoms with Crippen LogP contribution in [0.1, 0.15) is 30.7 Å². The summed E-state index contributed by atoms with van der Waals surface area (Å²) in [6.07, 6.45) is 4.31. The van der Waals surface area contributed by atoms with Crippen LogP contribution in [0, 0.1) is 5.82 Å². The van der Waals surface area contributed by atoms with E-state index in [-0.39, 0.29) is 18.1 Å². The molecule has 0 radical (unpaired) electrons. The van der Waals surface area contributed by atoms with Gasteiger partial charge < -0.3 is 16.0 Å². The van der Waals surface area contributed by atoms with Gasteiger partial charge in [0.2, 0.25) is 11.9 Å². The van der Waals surface area contributed by atoms with Crippen LogP contribution < -0.4 is 16.0 Å². The third kappa shape index (κ3) is 3.98. The van der Waals surface area contributed by atoms with Crippen molar-refractivity contribution in [1.82, 2.24) is 9.97 Å². The molecule has 1 aliphatic carbocycles. The molecule has 0 saturated heterocycles. The number of aromatic nitrogens is 2. The number of nitrogens with two attached hydrogens (primary N) is 1. The van der Waals surface area contributed by atoms with Gasteiger partial charge in [-0.15, -0.1) is 0 Å². The highest BCUT2D eigenvalue weighted by Crippen LogP contribution is 2.43. The first-order valence-corrected chi connectivity index (χ1v) is 7.92. The lowest BCUT2D eigenvalue weighted by atomic mass is 10.2. The van der Waals surface area contributed by atoms with Gasteiger partial charge in [-0.1, -0.05) is 6.07 Å².